The van der Waals surface area contributed by atoms with Crippen LogP contribution in [0, 0.1) is 0 Å². The summed E-state index contributed by atoms with van der Waals surface area (Å²) in [5.74, 6) is 0. The van der Waals surface area contributed by atoms with Crippen LogP contribution in [-0.4, -0.2) is 4.87 Å². The minimum absolute atomic E-state index is 0.0434. The van der Waals surface area contributed by atoms with E-state index in [1.807, 2.05) is 6.08 Å². The van der Waals surface area contributed by atoms with Crippen LogP contribution in [0.15, 0.2) is 12.7 Å². The summed E-state index contributed by atoms with van der Waals surface area (Å²) in [4.78, 5) is -0.0434. The number of alkyl halides is 1. The lowest BCUT2D eigenvalue weighted by molar-refractivity contribution is 0.446. The highest BCUT2D eigenvalue weighted by Gasteiger charge is 2.24. The second-order valence-electron chi connectivity index (χ2n) is 2.80. The molecule has 0 radical (unpaired) electrons. The van der Waals surface area contributed by atoms with Gasteiger partial charge in [0.25, 0.3) is 0 Å². The van der Waals surface area contributed by atoms with Crippen molar-refractivity contribution in [3.63, 3.8) is 0 Å². The molecule has 1 rings (SSSR count). The highest BCUT2D eigenvalue weighted by atomic mass is 35.5. The molecule has 0 aromatic rings. The van der Waals surface area contributed by atoms with Crippen LogP contribution in [0.5, 0.6) is 0 Å². The SMILES string of the molecule is C=CC1(Cl)CCCCC1. The second-order valence-corrected chi connectivity index (χ2v) is 3.55. The van der Waals surface area contributed by atoms with Crippen molar-refractivity contribution >= 4 is 11.6 Å². The Balaban J connectivity index is 2.46. The van der Waals surface area contributed by atoms with E-state index in [1.165, 1.54) is 19.3 Å². The van der Waals surface area contributed by atoms with Crippen LogP contribution in [0.1, 0.15) is 32.1 Å². The van der Waals surface area contributed by atoms with E-state index in [2.05, 4.69) is 6.58 Å². The van der Waals surface area contributed by atoms with E-state index in [1.54, 1.807) is 0 Å². The Morgan fingerprint density at radius 3 is 2.11 bits per heavy atom. The van der Waals surface area contributed by atoms with Gasteiger partial charge in [-0.25, -0.2) is 0 Å². The Morgan fingerprint density at radius 2 is 1.78 bits per heavy atom. The van der Waals surface area contributed by atoms with Crippen molar-refractivity contribution in [1.82, 2.24) is 0 Å². The summed E-state index contributed by atoms with van der Waals surface area (Å²) in [5.41, 5.74) is 0. The first-order valence-corrected chi connectivity index (χ1v) is 3.97. The van der Waals surface area contributed by atoms with Crippen molar-refractivity contribution < 1.29 is 0 Å². The maximum atomic E-state index is 6.14. The summed E-state index contributed by atoms with van der Waals surface area (Å²) in [6.07, 6.45) is 8.04. The fraction of sp³-hybridized carbons (Fsp3) is 0.750. The molecule has 0 aromatic heterocycles. The van der Waals surface area contributed by atoms with Gasteiger partial charge < -0.3 is 0 Å². The van der Waals surface area contributed by atoms with Crippen LogP contribution < -0.4 is 0 Å². The average molecular weight is 145 g/mol. The third-order valence-corrected chi connectivity index (χ3v) is 2.58. The smallest absolute Gasteiger partial charge is 0.0623 e. The van der Waals surface area contributed by atoms with Crippen LogP contribution in [0.25, 0.3) is 0 Å². The standard InChI is InChI=1S/C8H13Cl/c1-2-8(9)6-4-3-5-7-8/h2H,1,3-7H2. The topological polar surface area (TPSA) is 0 Å². The number of allylic oxidation sites excluding steroid dienone is 1. The molecule has 0 bridgehead atoms. The Labute approximate surface area is 61.9 Å². The molecule has 0 atom stereocenters. The summed E-state index contributed by atoms with van der Waals surface area (Å²) < 4.78 is 0. The molecule has 0 N–H and O–H groups in total. The fourth-order valence-electron chi connectivity index (χ4n) is 1.34. The van der Waals surface area contributed by atoms with Crippen LogP contribution in [0.3, 0.4) is 0 Å². The lowest BCUT2D eigenvalue weighted by Gasteiger charge is -2.27. The van der Waals surface area contributed by atoms with E-state index in [4.69, 9.17) is 11.6 Å². The molecule has 0 nitrogen and oxygen atoms in total. The second kappa shape index (κ2) is 2.74. The molecule has 0 amide bonds. The summed E-state index contributed by atoms with van der Waals surface area (Å²) in [6, 6.07) is 0. The van der Waals surface area contributed by atoms with Gasteiger partial charge in [0.05, 0.1) is 4.87 Å². The van der Waals surface area contributed by atoms with E-state index in [0.717, 1.165) is 12.8 Å². The van der Waals surface area contributed by atoms with Crippen molar-refractivity contribution in [3.8, 4) is 0 Å². The Kier molecular flexibility index (Phi) is 2.18. The van der Waals surface area contributed by atoms with Crippen LogP contribution in [0.2, 0.25) is 0 Å². The first kappa shape index (κ1) is 7.14. The zero-order chi connectivity index (χ0) is 6.74. The number of hydrogen-bond acceptors (Lipinski definition) is 0. The van der Waals surface area contributed by atoms with E-state index in [0.29, 0.717) is 0 Å². The van der Waals surface area contributed by atoms with Crippen molar-refractivity contribution in [1.29, 1.82) is 0 Å². The molecule has 0 spiro atoms. The van der Waals surface area contributed by atoms with Gasteiger partial charge in [-0.2, -0.15) is 0 Å². The minimum Gasteiger partial charge on any atom is -0.115 e. The molecule has 9 heavy (non-hydrogen) atoms. The van der Waals surface area contributed by atoms with E-state index in [-0.39, 0.29) is 4.87 Å². The quantitative estimate of drug-likeness (QED) is 0.392. The molecule has 0 aromatic carbocycles. The van der Waals surface area contributed by atoms with Crippen LogP contribution >= 0.6 is 11.6 Å². The molecule has 0 aliphatic heterocycles. The van der Waals surface area contributed by atoms with Crippen molar-refractivity contribution in [2.45, 2.75) is 37.0 Å². The number of rotatable bonds is 1. The molecular formula is C8H13Cl. The first-order chi connectivity index (χ1) is 4.27. The van der Waals surface area contributed by atoms with Gasteiger partial charge >= 0.3 is 0 Å². The highest BCUT2D eigenvalue weighted by molar-refractivity contribution is 6.25. The number of halogens is 1. The predicted octanol–water partition coefficient (Wildman–Crippen LogP) is 3.11. The monoisotopic (exact) mass is 144 g/mol. The molecule has 52 valence electrons. The molecule has 1 aliphatic rings. The van der Waals surface area contributed by atoms with Gasteiger partial charge in [0, 0.05) is 0 Å². The van der Waals surface area contributed by atoms with Gasteiger partial charge in [-0.15, -0.1) is 18.2 Å². The number of hydrogen-bond donors (Lipinski definition) is 0. The third kappa shape index (κ3) is 1.72. The minimum atomic E-state index is -0.0434. The fourth-order valence-corrected chi connectivity index (χ4v) is 1.61. The van der Waals surface area contributed by atoms with Gasteiger partial charge in [0.2, 0.25) is 0 Å². The van der Waals surface area contributed by atoms with Crippen molar-refractivity contribution in [3.05, 3.63) is 12.7 Å². The summed E-state index contributed by atoms with van der Waals surface area (Å²) in [5, 5.41) is 0. The third-order valence-electron chi connectivity index (χ3n) is 2.05. The average Bonchev–Trinajstić information content (AvgIpc) is 1.90. The maximum Gasteiger partial charge on any atom is 0.0623 e. The summed E-state index contributed by atoms with van der Waals surface area (Å²) in [7, 11) is 0. The Bertz CT molecular complexity index is 101. The van der Waals surface area contributed by atoms with Crippen LogP contribution in [-0.2, 0) is 0 Å². The highest BCUT2D eigenvalue weighted by Crippen LogP contribution is 2.34. The molecule has 0 heterocycles. The lowest BCUT2D eigenvalue weighted by Crippen LogP contribution is -2.20. The van der Waals surface area contributed by atoms with Gasteiger partial charge in [0.1, 0.15) is 0 Å². The lowest BCUT2D eigenvalue weighted by atomic mass is 9.89. The molecule has 1 heteroatoms. The van der Waals surface area contributed by atoms with E-state index < -0.39 is 0 Å². The first-order valence-electron chi connectivity index (χ1n) is 3.59. The molecular weight excluding hydrogens is 132 g/mol. The van der Waals surface area contributed by atoms with Gasteiger partial charge in [-0.05, 0) is 12.8 Å². The van der Waals surface area contributed by atoms with Gasteiger partial charge in [-0.1, -0.05) is 25.3 Å². The van der Waals surface area contributed by atoms with Gasteiger partial charge in [-0.3, -0.25) is 0 Å². The maximum absolute atomic E-state index is 6.14. The zero-order valence-corrected chi connectivity index (χ0v) is 6.45. The van der Waals surface area contributed by atoms with Crippen LogP contribution in [0.4, 0.5) is 0 Å². The Hall–Kier alpha value is 0.0300. The normalized spacial score (nSPS) is 25.4. The zero-order valence-electron chi connectivity index (χ0n) is 5.70. The predicted molar refractivity (Wildman–Crippen MR) is 41.9 cm³/mol. The van der Waals surface area contributed by atoms with E-state index in [9.17, 15) is 0 Å². The van der Waals surface area contributed by atoms with Crippen molar-refractivity contribution in [2.24, 2.45) is 0 Å². The van der Waals surface area contributed by atoms with E-state index >= 15 is 0 Å². The largest absolute Gasteiger partial charge is 0.115 e. The molecule has 1 saturated carbocycles. The summed E-state index contributed by atoms with van der Waals surface area (Å²) in [6.45, 7) is 3.72. The summed E-state index contributed by atoms with van der Waals surface area (Å²) >= 11 is 6.14. The molecule has 0 saturated heterocycles. The molecule has 0 unspecified atom stereocenters. The Morgan fingerprint density at radius 1 is 1.22 bits per heavy atom. The molecule has 1 fully saturated rings. The molecule has 1 aliphatic carbocycles. The van der Waals surface area contributed by atoms with Crippen molar-refractivity contribution in [2.75, 3.05) is 0 Å². The van der Waals surface area contributed by atoms with Gasteiger partial charge in [0.15, 0.2) is 0 Å².